The van der Waals surface area contributed by atoms with Crippen LogP contribution < -0.4 is 5.32 Å². The first-order chi connectivity index (χ1) is 10.9. The molecule has 0 spiro atoms. The van der Waals surface area contributed by atoms with Crippen LogP contribution in [0.5, 0.6) is 0 Å². The van der Waals surface area contributed by atoms with Crippen molar-refractivity contribution in [3.05, 3.63) is 54.0 Å². The Balaban J connectivity index is 2.27. The van der Waals surface area contributed by atoms with Gasteiger partial charge in [0.05, 0.1) is 6.04 Å². The maximum absolute atomic E-state index is 12.2. The van der Waals surface area contributed by atoms with Crippen LogP contribution in [-0.2, 0) is 9.84 Å². The Bertz CT molecular complexity index is 778. The lowest BCUT2D eigenvalue weighted by molar-refractivity contribution is 0.0930. The van der Waals surface area contributed by atoms with E-state index in [0.29, 0.717) is 11.1 Å². The van der Waals surface area contributed by atoms with Gasteiger partial charge in [0.15, 0.2) is 14.9 Å². The summed E-state index contributed by atoms with van der Waals surface area (Å²) in [7, 11) is -3.45. The molecular weight excluding hydrogens is 318 g/mol. The second-order valence-corrected chi connectivity index (χ2v) is 6.94. The second kappa shape index (κ2) is 7.30. The summed E-state index contributed by atoms with van der Waals surface area (Å²) in [4.78, 5) is 19.9. The van der Waals surface area contributed by atoms with Crippen molar-refractivity contribution in [1.29, 1.82) is 0 Å². The summed E-state index contributed by atoms with van der Waals surface area (Å²) in [6.45, 7) is -0.155. The average molecular weight is 335 g/mol. The van der Waals surface area contributed by atoms with Crippen LogP contribution in [0.15, 0.2) is 47.9 Å². The molecule has 2 heterocycles. The smallest absolute Gasteiger partial charge is 0.251 e. The minimum Gasteiger partial charge on any atom is -0.396 e. The minimum atomic E-state index is -3.45. The molecule has 0 saturated heterocycles. The van der Waals surface area contributed by atoms with Crippen molar-refractivity contribution in [1.82, 2.24) is 15.3 Å². The fraction of sp³-hybridized carbons (Fsp3) is 0.267. The SMILES string of the molecule is CS(=O)(=O)c1cc([C@H](CCO)NC(=O)c2ccncc2)ccn1. The minimum absolute atomic E-state index is 0.0731. The summed E-state index contributed by atoms with van der Waals surface area (Å²) in [5.74, 6) is -0.330. The molecule has 23 heavy (non-hydrogen) atoms. The topological polar surface area (TPSA) is 109 Å². The van der Waals surface area contributed by atoms with Crippen molar-refractivity contribution < 1.29 is 18.3 Å². The Hall–Kier alpha value is -2.32. The first-order valence-corrected chi connectivity index (χ1v) is 8.78. The molecule has 2 aromatic rings. The molecule has 0 aliphatic carbocycles. The van der Waals surface area contributed by atoms with Crippen LogP contribution in [0.3, 0.4) is 0 Å². The molecule has 2 N–H and O–H groups in total. The predicted octanol–water partition coefficient (Wildman–Crippen LogP) is 0.734. The van der Waals surface area contributed by atoms with Gasteiger partial charge in [-0.3, -0.25) is 9.78 Å². The summed E-state index contributed by atoms with van der Waals surface area (Å²) < 4.78 is 23.2. The Morgan fingerprint density at radius 1 is 1.26 bits per heavy atom. The van der Waals surface area contributed by atoms with E-state index in [9.17, 15) is 18.3 Å². The lowest BCUT2D eigenvalue weighted by Gasteiger charge is -2.18. The number of nitrogens with zero attached hydrogens (tertiary/aromatic N) is 2. The Morgan fingerprint density at radius 3 is 2.57 bits per heavy atom. The molecule has 0 radical (unpaired) electrons. The number of sulfone groups is 1. The molecule has 0 aliphatic heterocycles. The van der Waals surface area contributed by atoms with Gasteiger partial charge in [0.25, 0.3) is 5.91 Å². The van der Waals surface area contributed by atoms with Gasteiger partial charge >= 0.3 is 0 Å². The van der Waals surface area contributed by atoms with Crippen LogP contribution in [0.25, 0.3) is 0 Å². The molecule has 8 heteroatoms. The van der Waals surface area contributed by atoms with Gasteiger partial charge in [0.1, 0.15) is 0 Å². The van der Waals surface area contributed by atoms with E-state index in [2.05, 4.69) is 15.3 Å². The lowest BCUT2D eigenvalue weighted by atomic mass is 10.0. The molecule has 7 nitrogen and oxygen atoms in total. The largest absolute Gasteiger partial charge is 0.396 e. The van der Waals surface area contributed by atoms with Crippen LogP contribution in [0.4, 0.5) is 0 Å². The first-order valence-electron chi connectivity index (χ1n) is 6.89. The molecule has 1 amide bonds. The van der Waals surface area contributed by atoms with Gasteiger partial charge in [-0.25, -0.2) is 13.4 Å². The van der Waals surface area contributed by atoms with Gasteiger partial charge in [0.2, 0.25) is 0 Å². The average Bonchev–Trinajstić information content (AvgIpc) is 2.54. The van der Waals surface area contributed by atoms with Gasteiger partial charge in [-0.1, -0.05) is 0 Å². The summed E-state index contributed by atoms with van der Waals surface area (Å²) in [6, 6.07) is 5.63. The zero-order chi connectivity index (χ0) is 16.9. The first kappa shape index (κ1) is 17.0. The van der Waals surface area contributed by atoms with E-state index < -0.39 is 15.9 Å². The van der Waals surface area contributed by atoms with Crippen LogP contribution in [-0.4, -0.2) is 42.3 Å². The molecule has 0 saturated carbocycles. The molecule has 0 fully saturated rings. The zero-order valence-electron chi connectivity index (χ0n) is 12.5. The fourth-order valence-electron chi connectivity index (χ4n) is 2.04. The number of hydrogen-bond acceptors (Lipinski definition) is 6. The zero-order valence-corrected chi connectivity index (χ0v) is 13.3. The lowest BCUT2D eigenvalue weighted by Crippen LogP contribution is -2.29. The van der Waals surface area contributed by atoms with Crippen molar-refractivity contribution in [3.63, 3.8) is 0 Å². The third kappa shape index (κ3) is 4.57. The standard InChI is InChI=1S/C15H17N3O4S/c1-23(21,22)14-10-12(4-8-17-14)13(5-9-19)18-15(20)11-2-6-16-7-3-11/h2-4,6-8,10,13,19H,5,9H2,1H3,(H,18,20)/t13-/m0/s1. The number of hydrogen-bond donors (Lipinski definition) is 2. The highest BCUT2D eigenvalue weighted by molar-refractivity contribution is 7.90. The number of amides is 1. The Kier molecular flexibility index (Phi) is 5.41. The van der Waals surface area contributed by atoms with Crippen LogP contribution in [0.2, 0.25) is 0 Å². The van der Waals surface area contributed by atoms with Crippen molar-refractivity contribution >= 4 is 15.7 Å². The molecule has 0 aliphatic rings. The van der Waals surface area contributed by atoms with E-state index in [1.54, 1.807) is 18.2 Å². The number of pyridine rings is 2. The van der Waals surface area contributed by atoms with Gasteiger partial charge in [-0.05, 0) is 36.2 Å². The molecule has 2 rings (SSSR count). The maximum Gasteiger partial charge on any atom is 0.251 e. The number of aliphatic hydroxyl groups is 1. The number of aliphatic hydroxyl groups excluding tert-OH is 1. The van der Waals surface area contributed by atoms with Crippen molar-refractivity contribution in [3.8, 4) is 0 Å². The summed E-state index contributed by atoms with van der Waals surface area (Å²) in [5, 5.41) is 11.9. The van der Waals surface area contributed by atoms with E-state index >= 15 is 0 Å². The monoisotopic (exact) mass is 335 g/mol. The molecule has 1 atom stereocenters. The maximum atomic E-state index is 12.2. The highest BCUT2D eigenvalue weighted by atomic mass is 32.2. The second-order valence-electron chi connectivity index (χ2n) is 4.97. The number of carbonyl (C=O) groups excluding carboxylic acids is 1. The summed E-state index contributed by atoms with van der Waals surface area (Å²) >= 11 is 0. The van der Waals surface area contributed by atoms with Crippen LogP contribution in [0, 0.1) is 0 Å². The van der Waals surface area contributed by atoms with Crippen LogP contribution in [0.1, 0.15) is 28.4 Å². The highest BCUT2D eigenvalue weighted by Crippen LogP contribution is 2.19. The number of rotatable bonds is 6. The van der Waals surface area contributed by atoms with E-state index in [0.717, 1.165) is 6.26 Å². The number of carbonyl (C=O) groups is 1. The third-order valence-electron chi connectivity index (χ3n) is 3.21. The molecule has 0 bridgehead atoms. The van der Waals surface area contributed by atoms with Crippen molar-refractivity contribution in [2.75, 3.05) is 12.9 Å². The van der Waals surface area contributed by atoms with Crippen molar-refractivity contribution in [2.45, 2.75) is 17.5 Å². The molecular formula is C15H17N3O4S. The molecule has 122 valence electrons. The van der Waals surface area contributed by atoms with E-state index in [1.807, 2.05) is 0 Å². The quantitative estimate of drug-likeness (QED) is 0.805. The summed E-state index contributed by atoms with van der Waals surface area (Å²) in [6.07, 6.45) is 5.70. The molecule has 0 aromatic carbocycles. The number of aromatic nitrogens is 2. The third-order valence-corrected chi connectivity index (χ3v) is 4.19. The Labute approximate surface area is 134 Å². The van der Waals surface area contributed by atoms with Crippen LogP contribution >= 0.6 is 0 Å². The van der Waals surface area contributed by atoms with Crippen molar-refractivity contribution in [2.24, 2.45) is 0 Å². The van der Waals surface area contributed by atoms with E-state index in [4.69, 9.17) is 0 Å². The fourth-order valence-corrected chi connectivity index (χ4v) is 2.64. The van der Waals surface area contributed by atoms with E-state index in [-0.39, 0.29) is 24.0 Å². The molecule has 2 aromatic heterocycles. The number of nitrogens with one attached hydrogen (secondary N) is 1. The summed E-state index contributed by atoms with van der Waals surface area (Å²) in [5.41, 5.74) is 0.997. The van der Waals surface area contributed by atoms with Gasteiger partial charge in [-0.15, -0.1) is 0 Å². The predicted molar refractivity (Wildman–Crippen MR) is 83.5 cm³/mol. The van der Waals surface area contributed by atoms with Gasteiger partial charge < -0.3 is 10.4 Å². The highest BCUT2D eigenvalue weighted by Gasteiger charge is 2.18. The molecule has 0 unspecified atom stereocenters. The van der Waals surface area contributed by atoms with Gasteiger partial charge in [-0.2, -0.15) is 0 Å². The normalized spacial score (nSPS) is 12.6. The van der Waals surface area contributed by atoms with Gasteiger partial charge in [0, 0.05) is 37.0 Å². The van der Waals surface area contributed by atoms with E-state index in [1.165, 1.54) is 24.7 Å². The Morgan fingerprint density at radius 2 is 1.96 bits per heavy atom.